The van der Waals surface area contributed by atoms with E-state index < -0.39 is 9.84 Å². The van der Waals surface area contributed by atoms with Gasteiger partial charge in [0, 0.05) is 11.8 Å². The highest BCUT2D eigenvalue weighted by Crippen LogP contribution is 2.33. The SMILES string of the molecule is COc1ccc2nc(N(Cc3ccccc3)C(=O)c3ccc(S(C)(=O)=O)cc3)sc2c1. The molecule has 1 aromatic heterocycles. The van der Waals surface area contributed by atoms with Gasteiger partial charge in [-0.3, -0.25) is 9.69 Å². The normalized spacial score (nSPS) is 11.4. The minimum Gasteiger partial charge on any atom is -0.497 e. The molecule has 6 nitrogen and oxygen atoms in total. The first-order chi connectivity index (χ1) is 14.8. The van der Waals surface area contributed by atoms with Gasteiger partial charge in [0.05, 0.1) is 28.8 Å². The monoisotopic (exact) mass is 452 g/mol. The summed E-state index contributed by atoms with van der Waals surface area (Å²) in [5.41, 5.74) is 2.12. The van der Waals surface area contributed by atoms with Gasteiger partial charge < -0.3 is 4.74 Å². The Hall–Kier alpha value is -3.23. The molecule has 0 spiro atoms. The van der Waals surface area contributed by atoms with Crippen LogP contribution in [0.3, 0.4) is 0 Å². The van der Waals surface area contributed by atoms with Crippen LogP contribution in [-0.4, -0.2) is 32.7 Å². The Bertz CT molecular complexity index is 1330. The second kappa shape index (κ2) is 8.49. The highest BCUT2D eigenvalue weighted by molar-refractivity contribution is 7.90. The van der Waals surface area contributed by atoms with Gasteiger partial charge in [-0.1, -0.05) is 41.7 Å². The number of hydrogen-bond donors (Lipinski definition) is 0. The quantitative estimate of drug-likeness (QED) is 0.429. The Balaban J connectivity index is 1.74. The van der Waals surface area contributed by atoms with Crippen molar-refractivity contribution in [3.63, 3.8) is 0 Å². The van der Waals surface area contributed by atoms with Crippen LogP contribution in [0.2, 0.25) is 0 Å². The molecular weight excluding hydrogens is 432 g/mol. The van der Waals surface area contributed by atoms with Crippen LogP contribution in [-0.2, 0) is 16.4 Å². The Morgan fingerprint density at radius 2 is 1.74 bits per heavy atom. The molecule has 1 amide bonds. The number of fused-ring (bicyclic) bond motifs is 1. The molecule has 0 saturated carbocycles. The molecule has 3 aromatic carbocycles. The van der Waals surface area contributed by atoms with Crippen LogP contribution < -0.4 is 9.64 Å². The summed E-state index contributed by atoms with van der Waals surface area (Å²) in [6.45, 7) is 0.338. The van der Waals surface area contributed by atoms with Gasteiger partial charge in [0.2, 0.25) is 0 Å². The summed E-state index contributed by atoms with van der Waals surface area (Å²) in [4.78, 5) is 19.9. The van der Waals surface area contributed by atoms with Crippen LogP contribution in [0.25, 0.3) is 10.2 Å². The summed E-state index contributed by atoms with van der Waals surface area (Å²) >= 11 is 1.40. The maximum atomic E-state index is 13.4. The molecule has 1 heterocycles. The zero-order valence-electron chi connectivity index (χ0n) is 17.0. The van der Waals surface area contributed by atoms with E-state index in [0.717, 1.165) is 27.8 Å². The maximum Gasteiger partial charge on any atom is 0.260 e. The Labute approximate surface area is 184 Å². The van der Waals surface area contributed by atoms with E-state index in [2.05, 4.69) is 4.98 Å². The van der Waals surface area contributed by atoms with Crippen molar-refractivity contribution in [2.75, 3.05) is 18.3 Å². The lowest BCUT2D eigenvalue weighted by molar-refractivity contribution is 0.0985. The summed E-state index contributed by atoms with van der Waals surface area (Å²) in [7, 11) is -1.73. The van der Waals surface area contributed by atoms with Crippen molar-refractivity contribution < 1.29 is 17.9 Å². The number of amides is 1. The van der Waals surface area contributed by atoms with Crippen molar-refractivity contribution in [2.45, 2.75) is 11.4 Å². The van der Waals surface area contributed by atoms with Gasteiger partial charge in [0.1, 0.15) is 5.75 Å². The number of aromatic nitrogens is 1. The number of rotatable bonds is 6. The molecule has 158 valence electrons. The molecule has 0 atom stereocenters. The fourth-order valence-electron chi connectivity index (χ4n) is 3.13. The van der Waals surface area contributed by atoms with Crippen LogP contribution in [0, 0.1) is 0 Å². The first-order valence-electron chi connectivity index (χ1n) is 9.45. The molecule has 8 heteroatoms. The third-order valence-corrected chi connectivity index (χ3v) is 6.94. The van der Waals surface area contributed by atoms with Gasteiger partial charge in [-0.2, -0.15) is 0 Å². The van der Waals surface area contributed by atoms with E-state index in [1.807, 2.05) is 48.5 Å². The average molecular weight is 453 g/mol. The zero-order valence-corrected chi connectivity index (χ0v) is 18.6. The van der Waals surface area contributed by atoms with E-state index in [4.69, 9.17) is 4.74 Å². The topological polar surface area (TPSA) is 76.6 Å². The molecule has 0 bridgehead atoms. The number of thiazole rings is 1. The lowest BCUT2D eigenvalue weighted by Crippen LogP contribution is -2.30. The zero-order chi connectivity index (χ0) is 22.0. The minimum atomic E-state index is -3.34. The maximum absolute atomic E-state index is 13.4. The third kappa shape index (κ3) is 4.60. The molecule has 4 aromatic rings. The molecule has 31 heavy (non-hydrogen) atoms. The third-order valence-electron chi connectivity index (χ3n) is 4.77. The van der Waals surface area contributed by atoms with E-state index in [-0.39, 0.29) is 10.8 Å². The van der Waals surface area contributed by atoms with E-state index in [9.17, 15) is 13.2 Å². The van der Waals surface area contributed by atoms with Crippen molar-refractivity contribution in [3.8, 4) is 5.75 Å². The predicted molar refractivity (Wildman–Crippen MR) is 123 cm³/mol. The largest absolute Gasteiger partial charge is 0.497 e. The number of benzene rings is 3. The molecule has 0 aliphatic carbocycles. The van der Waals surface area contributed by atoms with Gasteiger partial charge in [0.25, 0.3) is 5.91 Å². The predicted octanol–water partition coefficient (Wildman–Crippen LogP) is 4.56. The first kappa shape index (κ1) is 21.0. The second-order valence-electron chi connectivity index (χ2n) is 7.00. The molecule has 4 rings (SSSR count). The fourth-order valence-corrected chi connectivity index (χ4v) is 4.75. The van der Waals surface area contributed by atoms with Crippen molar-refractivity contribution in [3.05, 3.63) is 83.9 Å². The van der Waals surface area contributed by atoms with Gasteiger partial charge in [0.15, 0.2) is 15.0 Å². The Kier molecular flexibility index (Phi) is 5.75. The van der Waals surface area contributed by atoms with E-state index in [0.29, 0.717) is 17.2 Å². The van der Waals surface area contributed by atoms with Crippen LogP contribution >= 0.6 is 11.3 Å². The number of sulfone groups is 1. The molecule has 0 saturated heterocycles. The number of nitrogens with zero attached hydrogens (tertiary/aromatic N) is 2. The summed E-state index contributed by atoms with van der Waals surface area (Å²) in [6.07, 6.45) is 1.14. The summed E-state index contributed by atoms with van der Waals surface area (Å²) in [5.74, 6) is 0.468. The van der Waals surface area contributed by atoms with Crippen LogP contribution in [0.1, 0.15) is 15.9 Å². The lowest BCUT2D eigenvalue weighted by atomic mass is 10.1. The molecule has 0 aliphatic rings. The van der Waals surface area contributed by atoms with Crippen molar-refractivity contribution >= 4 is 42.4 Å². The molecule has 0 N–H and O–H groups in total. The number of carbonyl (C=O) groups excluding carboxylic acids is 1. The minimum absolute atomic E-state index is 0.172. The Morgan fingerprint density at radius 3 is 2.39 bits per heavy atom. The summed E-state index contributed by atoms with van der Waals surface area (Å²) < 4.78 is 29.7. The van der Waals surface area contributed by atoms with E-state index in [1.54, 1.807) is 12.0 Å². The van der Waals surface area contributed by atoms with Crippen LogP contribution in [0.15, 0.2) is 77.7 Å². The van der Waals surface area contributed by atoms with Crippen molar-refractivity contribution in [1.29, 1.82) is 0 Å². The highest BCUT2D eigenvalue weighted by atomic mass is 32.2. The van der Waals surface area contributed by atoms with Gasteiger partial charge in [-0.15, -0.1) is 0 Å². The second-order valence-corrected chi connectivity index (χ2v) is 10.0. The molecule has 0 aliphatic heterocycles. The highest BCUT2D eigenvalue weighted by Gasteiger charge is 2.22. The number of anilines is 1. The van der Waals surface area contributed by atoms with Crippen LogP contribution in [0.4, 0.5) is 5.13 Å². The molecule has 0 radical (unpaired) electrons. The molecule has 0 unspecified atom stereocenters. The number of carbonyl (C=O) groups is 1. The van der Waals surface area contributed by atoms with Gasteiger partial charge in [-0.05, 0) is 48.0 Å². The van der Waals surface area contributed by atoms with E-state index in [1.165, 1.54) is 35.6 Å². The van der Waals surface area contributed by atoms with Gasteiger partial charge >= 0.3 is 0 Å². The summed E-state index contributed by atoms with van der Waals surface area (Å²) in [5, 5.41) is 0.560. The number of ether oxygens (including phenoxy) is 1. The fraction of sp³-hybridized carbons (Fsp3) is 0.130. The standard InChI is InChI=1S/C23H20N2O4S2/c1-29-18-10-13-20-21(14-18)30-23(24-20)25(15-16-6-4-3-5-7-16)22(26)17-8-11-19(12-9-17)31(2,27)28/h3-14H,15H2,1-2H3. The smallest absolute Gasteiger partial charge is 0.260 e. The number of methoxy groups -OCH3 is 1. The average Bonchev–Trinajstić information content (AvgIpc) is 3.20. The Morgan fingerprint density at radius 1 is 1.03 bits per heavy atom. The summed E-state index contributed by atoms with van der Waals surface area (Å²) in [6, 6.07) is 21.2. The lowest BCUT2D eigenvalue weighted by Gasteiger charge is -2.20. The van der Waals surface area contributed by atoms with E-state index >= 15 is 0 Å². The van der Waals surface area contributed by atoms with Gasteiger partial charge in [-0.25, -0.2) is 13.4 Å². The van der Waals surface area contributed by atoms with Crippen molar-refractivity contribution in [1.82, 2.24) is 4.98 Å². The first-order valence-corrected chi connectivity index (χ1v) is 12.2. The van der Waals surface area contributed by atoms with Crippen LogP contribution in [0.5, 0.6) is 5.75 Å². The molecule has 0 fully saturated rings. The number of hydrogen-bond acceptors (Lipinski definition) is 6. The van der Waals surface area contributed by atoms with Crippen molar-refractivity contribution in [2.24, 2.45) is 0 Å². The molecular formula is C23H20N2O4S2.